The van der Waals surface area contributed by atoms with Crippen molar-refractivity contribution in [1.29, 1.82) is 0 Å². The number of esters is 1. The van der Waals surface area contributed by atoms with E-state index < -0.39 is 0 Å². The molecule has 1 aliphatic rings. The van der Waals surface area contributed by atoms with E-state index in [1.807, 2.05) is 0 Å². The molecule has 0 atom stereocenters. The van der Waals surface area contributed by atoms with Gasteiger partial charge in [0.1, 0.15) is 6.29 Å². The normalized spacial score (nSPS) is 19.0. The Morgan fingerprint density at radius 1 is 0.972 bits per heavy atom. The van der Waals surface area contributed by atoms with Crippen LogP contribution in [0.2, 0.25) is 0 Å². The van der Waals surface area contributed by atoms with E-state index in [-0.39, 0.29) is 19.0 Å². The summed E-state index contributed by atoms with van der Waals surface area (Å²) < 4.78 is 5.13. The number of nitrogens with zero attached hydrogens (tertiary/aromatic N) is 1. The number of quaternary nitrogens is 1. The van der Waals surface area contributed by atoms with Crippen LogP contribution in [0.15, 0.2) is 78.9 Å². The number of likely N-dealkylation sites (tertiary alicyclic amines) is 1. The Balaban J connectivity index is 0.000000236. The molecule has 3 aromatic rings. The highest BCUT2D eigenvalue weighted by Crippen LogP contribution is 2.31. The summed E-state index contributed by atoms with van der Waals surface area (Å²) in [5.74, 6) is 0.342. The number of hydrogen-bond donors (Lipinski definition) is 1. The van der Waals surface area contributed by atoms with E-state index in [2.05, 4.69) is 59.3 Å². The number of methoxy groups -OCH3 is 1. The topological polar surface area (TPSA) is 63.6 Å². The molecule has 4 rings (SSSR count). The second-order valence-electron chi connectivity index (χ2n) is 9.42. The summed E-state index contributed by atoms with van der Waals surface area (Å²) >= 11 is 0. The average Bonchev–Trinajstić information content (AvgIpc) is 2.90. The molecular weight excluding hydrogens is 449 g/mol. The van der Waals surface area contributed by atoms with E-state index in [0.29, 0.717) is 22.3 Å². The van der Waals surface area contributed by atoms with Crippen molar-refractivity contribution in [3.05, 3.63) is 107 Å². The monoisotopic (exact) mass is 484 g/mol. The minimum absolute atomic E-state index is 0.199. The molecular formula is C30H35BNO4+. The third-order valence-electron chi connectivity index (χ3n) is 6.67. The van der Waals surface area contributed by atoms with Crippen LogP contribution in [0.1, 0.15) is 51.4 Å². The first-order valence-electron chi connectivity index (χ1n) is 12.4. The van der Waals surface area contributed by atoms with E-state index in [1.54, 1.807) is 24.3 Å². The largest absolute Gasteiger partial charge is 0.481 e. The number of piperidine rings is 1. The molecule has 0 aromatic heterocycles. The van der Waals surface area contributed by atoms with Crippen LogP contribution in [-0.2, 0) is 28.9 Å². The number of carbonyl (C=O) groups is 2. The summed E-state index contributed by atoms with van der Waals surface area (Å²) in [7, 11) is 7.98. The Kier molecular flexibility index (Phi) is 10.5. The number of carbonyl (C=O) groups excluding carboxylic acids is 2. The van der Waals surface area contributed by atoms with E-state index in [9.17, 15) is 9.59 Å². The highest BCUT2D eigenvalue weighted by Gasteiger charge is 2.30. The van der Waals surface area contributed by atoms with Crippen LogP contribution in [0.25, 0.3) is 0 Å². The molecule has 1 saturated heterocycles. The Labute approximate surface area is 215 Å². The lowest BCUT2D eigenvalue weighted by molar-refractivity contribution is -0.836. The van der Waals surface area contributed by atoms with Crippen LogP contribution in [0.5, 0.6) is 0 Å². The standard InChI is InChI=1S/C20H25BNO.C10H10O3/c21-22(16-18-6-4-5-17(15-18)11-14-23)12-9-20(10-13-22)19-7-2-1-3-8-19;1-13-10(12)6-8-3-2-4-9(5-8)7-11/h1-8,15,20,23H,9-14,16H2;2-5,7H,6H2,1H3/q+1;. The average molecular weight is 484 g/mol. The zero-order chi connectivity index (χ0) is 25.8. The van der Waals surface area contributed by atoms with Gasteiger partial charge >= 0.3 is 14.0 Å². The van der Waals surface area contributed by atoms with Crippen LogP contribution in [-0.4, -0.2) is 56.5 Å². The smallest absolute Gasteiger partial charge is 0.469 e. The van der Waals surface area contributed by atoms with Crippen molar-refractivity contribution < 1.29 is 23.8 Å². The number of aliphatic hydroxyl groups is 1. The first-order chi connectivity index (χ1) is 17.4. The van der Waals surface area contributed by atoms with Gasteiger partial charge in [0.25, 0.3) is 0 Å². The maximum absolute atomic E-state index is 10.9. The zero-order valence-electron chi connectivity index (χ0n) is 21.0. The van der Waals surface area contributed by atoms with Gasteiger partial charge in [0, 0.05) is 30.6 Å². The summed E-state index contributed by atoms with van der Waals surface area (Å²) in [5.41, 5.74) is 5.27. The summed E-state index contributed by atoms with van der Waals surface area (Å²) in [5, 5.41) is 9.09. The molecule has 0 saturated carbocycles. The minimum Gasteiger partial charge on any atom is -0.469 e. The van der Waals surface area contributed by atoms with Gasteiger partial charge < -0.3 is 14.2 Å². The number of ether oxygens (including phenoxy) is 1. The Hall–Kier alpha value is -3.22. The first-order valence-corrected chi connectivity index (χ1v) is 12.4. The highest BCUT2D eigenvalue weighted by molar-refractivity contribution is 5.97. The lowest BCUT2D eigenvalue weighted by atomic mass is 9.86. The van der Waals surface area contributed by atoms with Gasteiger partial charge in [-0.05, 0) is 35.1 Å². The maximum atomic E-state index is 10.9. The molecule has 186 valence electrons. The van der Waals surface area contributed by atoms with E-state index in [4.69, 9.17) is 13.1 Å². The molecule has 6 heteroatoms. The van der Waals surface area contributed by atoms with Crippen molar-refractivity contribution in [2.45, 2.75) is 38.1 Å². The summed E-state index contributed by atoms with van der Waals surface area (Å²) in [6, 6.07) is 26.2. The number of aliphatic hydroxyl groups excluding tert-OH is 1. The second kappa shape index (κ2) is 13.8. The number of hydrogen-bond acceptors (Lipinski definition) is 4. The molecule has 0 bridgehead atoms. The quantitative estimate of drug-likeness (QED) is 0.292. The van der Waals surface area contributed by atoms with E-state index >= 15 is 0 Å². The first kappa shape index (κ1) is 27.4. The molecule has 3 aromatic carbocycles. The summed E-state index contributed by atoms with van der Waals surface area (Å²) in [4.78, 5) is 21.3. The fourth-order valence-electron chi connectivity index (χ4n) is 4.69. The SMILES string of the molecule is COC(=O)Cc1cccc(C=O)c1.[B][N+]1(Cc2cccc(CCO)c2)CCC(c2ccccc2)CC1. The molecule has 0 amide bonds. The second-order valence-corrected chi connectivity index (χ2v) is 9.42. The maximum Gasteiger partial charge on any atom is 0.481 e. The lowest BCUT2D eigenvalue weighted by Crippen LogP contribution is -2.49. The number of benzene rings is 3. The molecule has 1 aliphatic heterocycles. The number of rotatable bonds is 8. The fourth-order valence-corrected chi connectivity index (χ4v) is 4.69. The Morgan fingerprint density at radius 3 is 2.31 bits per heavy atom. The molecule has 0 unspecified atom stereocenters. The predicted molar refractivity (Wildman–Crippen MR) is 143 cm³/mol. The van der Waals surface area contributed by atoms with Crippen molar-refractivity contribution in [3.63, 3.8) is 0 Å². The fraction of sp³-hybridized carbons (Fsp3) is 0.333. The van der Waals surface area contributed by atoms with Crippen LogP contribution >= 0.6 is 0 Å². The molecule has 1 heterocycles. The van der Waals surface area contributed by atoms with Gasteiger partial charge in [0.05, 0.1) is 33.2 Å². The van der Waals surface area contributed by atoms with Gasteiger partial charge in [-0.1, -0.05) is 72.8 Å². The molecule has 5 nitrogen and oxygen atoms in total. The van der Waals surface area contributed by atoms with Crippen molar-refractivity contribution in [2.75, 3.05) is 26.8 Å². The molecule has 1 fully saturated rings. The number of aldehydes is 1. The van der Waals surface area contributed by atoms with Crippen molar-refractivity contribution in [1.82, 2.24) is 0 Å². The van der Waals surface area contributed by atoms with Crippen molar-refractivity contribution >= 4 is 20.2 Å². The van der Waals surface area contributed by atoms with Gasteiger partial charge in [0.15, 0.2) is 0 Å². The van der Waals surface area contributed by atoms with E-state index in [0.717, 1.165) is 44.3 Å². The van der Waals surface area contributed by atoms with Crippen LogP contribution in [0.3, 0.4) is 0 Å². The van der Waals surface area contributed by atoms with Gasteiger partial charge in [-0.25, -0.2) is 0 Å². The van der Waals surface area contributed by atoms with Gasteiger partial charge in [-0.3, -0.25) is 9.59 Å². The Morgan fingerprint density at radius 2 is 1.64 bits per heavy atom. The highest BCUT2D eigenvalue weighted by atomic mass is 16.5. The summed E-state index contributed by atoms with van der Waals surface area (Å²) in [6.07, 6.45) is 3.97. The van der Waals surface area contributed by atoms with Crippen LogP contribution < -0.4 is 0 Å². The van der Waals surface area contributed by atoms with Crippen molar-refractivity contribution in [2.24, 2.45) is 0 Å². The summed E-state index contributed by atoms with van der Waals surface area (Å²) in [6.45, 7) is 3.11. The van der Waals surface area contributed by atoms with E-state index in [1.165, 1.54) is 23.8 Å². The van der Waals surface area contributed by atoms with Crippen LogP contribution in [0.4, 0.5) is 0 Å². The molecule has 36 heavy (non-hydrogen) atoms. The third kappa shape index (κ3) is 8.47. The predicted octanol–water partition coefficient (Wildman–Crippen LogP) is 4.41. The zero-order valence-corrected chi connectivity index (χ0v) is 21.0. The van der Waals surface area contributed by atoms with Crippen LogP contribution in [0, 0.1) is 0 Å². The van der Waals surface area contributed by atoms with Gasteiger partial charge in [-0.15, -0.1) is 0 Å². The molecule has 1 N–H and O–H groups in total. The molecule has 0 spiro atoms. The third-order valence-corrected chi connectivity index (χ3v) is 6.67. The molecule has 0 aliphatic carbocycles. The minimum atomic E-state index is -0.303. The van der Waals surface area contributed by atoms with Gasteiger partial charge in [-0.2, -0.15) is 0 Å². The molecule has 2 radical (unpaired) electrons. The lowest BCUT2D eigenvalue weighted by Gasteiger charge is -2.42. The Bertz CT molecular complexity index is 1110. The van der Waals surface area contributed by atoms with Gasteiger partial charge in [0.2, 0.25) is 0 Å². The van der Waals surface area contributed by atoms with Crippen molar-refractivity contribution in [3.8, 4) is 0 Å².